The largest absolute Gasteiger partial charge is 0.473 e. The van der Waals surface area contributed by atoms with Crippen molar-refractivity contribution in [3.63, 3.8) is 0 Å². The fourth-order valence-electron chi connectivity index (χ4n) is 3.27. The van der Waals surface area contributed by atoms with E-state index in [1.165, 1.54) is 4.80 Å². The van der Waals surface area contributed by atoms with Crippen molar-refractivity contribution >= 4 is 38.6 Å². The minimum atomic E-state index is -3.79. The van der Waals surface area contributed by atoms with Crippen LogP contribution in [0.15, 0.2) is 72.8 Å². The summed E-state index contributed by atoms with van der Waals surface area (Å²) >= 11 is 6.22. The highest BCUT2D eigenvalue weighted by Gasteiger charge is 2.28. The fourth-order valence-corrected chi connectivity index (χ4v) is 4.49. The molecule has 10 heteroatoms. The summed E-state index contributed by atoms with van der Waals surface area (Å²) in [5, 5.41) is 9.35. The van der Waals surface area contributed by atoms with Crippen LogP contribution in [0.4, 0.5) is 0 Å². The van der Waals surface area contributed by atoms with Crippen molar-refractivity contribution in [3.05, 3.63) is 83.4 Å². The van der Waals surface area contributed by atoms with Crippen LogP contribution in [-0.4, -0.2) is 35.1 Å². The summed E-state index contributed by atoms with van der Waals surface area (Å²) in [6.45, 7) is 1.72. The Morgan fingerprint density at radius 1 is 1.03 bits per heavy atom. The molecule has 1 heterocycles. The van der Waals surface area contributed by atoms with Gasteiger partial charge in [0.15, 0.2) is 0 Å². The molecule has 170 valence electrons. The molecule has 0 radical (unpaired) electrons. The molecule has 8 nitrogen and oxygen atoms in total. The molecular formula is C23H21ClN4O4S. The minimum Gasteiger partial charge on any atom is -0.473 e. The van der Waals surface area contributed by atoms with E-state index in [0.717, 1.165) is 0 Å². The monoisotopic (exact) mass is 484 g/mol. The zero-order valence-electron chi connectivity index (χ0n) is 17.7. The Balaban J connectivity index is 1.74. The topological polar surface area (TPSA) is 103 Å². The molecule has 0 fully saturated rings. The first kappa shape index (κ1) is 22.8. The van der Waals surface area contributed by atoms with Crippen molar-refractivity contribution in [1.29, 1.82) is 0 Å². The Bertz CT molecular complexity index is 1360. The number of nitrogens with zero attached hydrogens (tertiary/aromatic N) is 3. The molecule has 1 aromatic heterocycles. The molecule has 33 heavy (non-hydrogen) atoms. The molecule has 4 rings (SSSR count). The van der Waals surface area contributed by atoms with Gasteiger partial charge >= 0.3 is 0 Å². The zero-order valence-corrected chi connectivity index (χ0v) is 19.3. The third-order valence-corrected chi connectivity index (χ3v) is 6.43. The van der Waals surface area contributed by atoms with E-state index < -0.39 is 22.0 Å². The van der Waals surface area contributed by atoms with Gasteiger partial charge in [-0.15, -0.1) is 15.0 Å². The molecule has 1 amide bonds. The molecule has 0 aliphatic carbocycles. The minimum absolute atomic E-state index is 0.170. The van der Waals surface area contributed by atoms with Crippen molar-refractivity contribution in [1.82, 2.24) is 19.7 Å². The van der Waals surface area contributed by atoms with Crippen LogP contribution in [-0.2, 0) is 14.8 Å². The van der Waals surface area contributed by atoms with Crippen LogP contribution < -0.4 is 9.46 Å². The van der Waals surface area contributed by atoms with Crippen LogP contribution in [0.3, 0.4) is 0 Å². The number of hydrogen-bond acceptors (Lipinski definition) is 6. The number of fused-ring (bicyclic) bond motifs is 1. The van der Waals surface area contributed by atoms with Crippen molar-refractivity contribution in [2.45, 2.75) is 19.4 Å². The van der Waals surface area contributed by atoms with E-state index in [9.17, 15) is 13.2 Å². The molecular weight excluding hydrogens is 464 g/mol. The molecule has 0 spiro atoms. The number of benzene rings is 3. The van der Waals surface area contributed by atoms with Crippen LogP contribution in [0.1, 0.15) is 25.0 Å². The van der Waals surface area contributed by atoms with Crippen molar-refractivity contribution < 1.29 is 17.9 Å². The molecule has 0 saturated carbocycles. The van der Waals surface area contributed by atoms with Gasteiger partial charge in [0, 0.05) is 10.6 Å². The molecule has 0 bridgehead atoms. The van der Waals surface area contributed by atoms with Gasteiger partial charge in [0.05, 0.1) is 5.75 Å². The predicted octanol–water partition coefficient (Wildman–Crippen LogP) is 4.05. The maximum Gasteiger partial charge on any atom is 0.279 e. The van der Waals surface area contributed by atoms with Crippen molar-refractivity contribution in [2.75, 3.05) is 5.75 Å². The van der Waals surface area contributed by atoms with Gasteiger partial charge in [-0.05, 0) is 36.8 Å². The molecule has 0 aliphatic heterocycles. The van der Waals surface area contributed by atoms with Gasteiger partial charge in [-0.3, -0.25) is 4.79 Å². The lowest BCUT2D eigenvalue weighted by atomic mass is 10.1. The second-order valence-electron chi connectivity index (χ2n) is 7.28. The van der Waals surface area contributed by atoms with Crippen LogP contribution in [0.25, 0.3) is 16.7 Å². The third-order valence-electron chi connectivity index (χ3n) is 4.74. The Hall–Kier alpha value is -3.43. The van der Waals surface area contributed by atoms with Gasteiger partial charge in [0.2, 0.25) is 16.1 Å². The predicted molar refractivity (Wildman–Crippen MR) is 126 cm³/mol. The average Bonchev–Trinajstić information content (AvgIpc) is 3.22. The maximum atomic E-state index is 13.0. The molecule has 1 N–H and O–H groups in total. The Morgan fingerprint density at radius 2 is 1.67 bits per heavy atom. The van der Waals surface area contributed by atoms with E-state index in [2.05, 4.69) is 14.9 Å². The van der Waals surface area contributed by atoms with E-state index >= 15 is 0 Å². The number of amides is 1. The van der Waals surface area contributed by atoms with Crippen LogP contribution >= 0.6 is 11.6 Å². The summed E-state index contributed by atoms with van der Waals surface area (Å²) in [4.78, 5) is 14.4. The SMILES string of the molecule is CCCS(=O)(=O)NC(=O)C(Oc1ccc(Cl)cc1-n1nc2ccccc2n1)c1ccccc1. The summed E-state index contributed by atoms with van der Waals surface area (Å²) in [6, 6.07) is 20.8. The van der Waals surface area contributed by atoms with Crippen LogP contribution in [0, 0.1) is 0 Å². The number of ether oxygens (including phenoxy) is 1. The molecule has 3 aromatic carbocycles. The molecule has 1 atom stereocenters. The number of hydrogen-bond donors (Lipinski definition) is 1. The number of halogens is 1. The number of sulfonamides is 1. The second-order valence-corrected chi connectivity index (χ2v) is 9.56. The van der Waals surface area contributed by atoms with E-state index in [-0.39, 0.29) is 11.5 Å². The van der Waals surface area contributed by atoms with Gasteiger partial charge in [-0.25, -0.2) is 13.1 Å². The van der Waals surface area contributed by atoms with E-state index in [1.54, 1.807) is 55.5 Å². The Labute approximate surface area is 196 Å². The number of aromatic nitrogens is 3. The van der Waals surface area contributed by atoms with Gasteiger partial charge in [-0.2, -0.15) is 0 Å². The van der Waals surface area contributed by atoms with Crippen molar-refractivity contribution in [2.24, 2.45) is 0 Å². The summed E-state index contributed by atoms with van der Waals surface area (Å²) < 4.78 is 32.7. The Morgan fingerprint density at radius 3 is 2.30 bits per heavy atom. The number of carbonyl (C=O) groups is 1. The van der Waals surface area contributed by atoms with Gasteiger partial charge in [0.1, 0.15) is 22.5 Å². The molecule has 1 unspecified atom stereocenters. The first-order valence-electron chi connectivity index (χ1n) is 10.2. The van der Waals surface area contributed by atoms with Gasteiger partial charge < -0.3 is 4.74 Å². The third kappa shape index (κ3) is 5.32. The van der Waals surface area contributed by atoms with Crippen molar-refractivity contribution in [3.8, 4) is 11.4 Å². The highest BCUT2D eigenvalue weighted by Crippen LogP contribution is 2.31. The quantitative estimate of drug-likeness (QED) is 0.404. The van der Waals surface area contributed by atoms with Crippen LogP contribution in [0.2, 0.25) is 5.02 Å². The van der Waals surface area contributed by atoms with Gasteiger partial charge in [0.25, 0.3) is 5.91 Å². The van der Waals surface area contributed by atoms with E-state index in [1.807, 2.05) is 24.3 Å². The standard InChI is InChI=1S/C23H21ClN4O4S/c1-2-14-33(30,31)27-23(29)22(16-8-4-3-5-9-16)32-21-13-12-17(24)15-20(21)28-25-18-10-6-7-11-19(18)26-28/h3-13,15,22H,2,14H2,1H3,(H,27,29). The first-order chi connectivity index (χ1) is 15.9. The van der Waals surface area contributed by atoms with Crippen LogP contribution in [0.5, 0.6) is 5.75 Å². The lowest BCUT2D eigenvalue weighted by Gasteiger charge is -2.20. The normalized spacial score (nSPS) is 12.4. The zero-order chi connectivity index (χ0) is 23.4. The first-order valence-corrected chi connectivity index (χ1v) is 12.3. The Kier molecular flexibility index (Phi) is 6.62. The second kappa shape index (κ2) is 9.60. The highest BCUT2D eigenvalue weighted by molar-refractivity contribution is 7.90. The number of rotatable bonds is 8. The number of nitrogens with one attached hydrogen (secondary N) is 1. The lowest BCUT2D eigenvalue weighted by molar-refractivity contribution is -0.126. The molecule has 0 saturated heterocycles. The summed E-state index contributed by atoms with van der Waals surface area (Å²) in [7, 11) is -3.79. The summed E-state index contributed by atoms with van der Waals surface area (Å²) in [6.07, 6.45) is -0.859. The average molecular weight is 485 g/mol. The van der Waals surface area contributed by atoms with E-state index in [0.29, 0.717) is 33.7 Å². The smallest absolute Gasteiger partial charge is 0.279 e. The fraction of sp³-hybridized carbons (Fsp3) is 0.174. The maximum absolute atomic E-state index is 13.0. The summed E-state index contributed by atoms with van der Waals surface area (Å²) in [5.74, 6) is -0.707. The van der Waals surface area contributed by atoms with Gasteiger partial charge in [-0.1, -0.05) is 61.0 Å². The van der Waals surface area contributed by atoms with E-state index in [4.69, 9.17) is 16.3 Å². The lowest BCUT2D eigenvalue weighted by Crippen LogP contribution is -2.38. The molecule has 4 aromatic rings. The summed E-state index contributed by atoms with van der Waals surface area (Å²) in [5.41, 5.74) is 2.24. The highest BCUT2D eigenvalue weighted by atomic mass is 35.5. The number of carbonyl (C=O) groups excluding carboxylic acids is 1. The molecule has 0 aliphatic rings.